The van der Waals surface area contributed by atoms with Gasteiger partial charge >= 0.3 is 5.97 Å². The number of hydrogen-bond donors (Lipinski definition) is 3. The molecule has 1 amide bonds. The first-order valence-electron chi connectivity index (χ1n) is 17.9. The zero-order chi connectivity index (χ0) is 36.2. The van der Waals surface area contributed by atoms with Crippen LogP contribution in [0.2, 0.25) is 0 Å². The van der Waals surface area contributed by atoms with Gasteiger partial charge in [-0.1, -0.05) is 37.3 Å². The highest BCUT2D eigenvalue weighted by Gasteiger charge is 2.65. The number of nitrogens with zero attached hydrogens (tertiary/aromatic N) is 5. The van der Waals surface area contributed by atoms with Crippen molar-refractivity contribution in [2.45, 2.75) is 84.4 Å². The summed E-state index contributed by atoms with van der Waals surface area (Å²) in [5.41, 5.74) is 3.61. The SMILES string of the molecule is Cc1c(-c2ccc(N3CCc4c(F)ccc(C(=O)Nc5nc6ccccc6s5)c4C3)nc2C(=O)O)cnn1CC12CC3(C)CC(C)(CC(O)(C3)C1)C2. The highest BCUT2D eigenvalue weighted by molar-refractivity contribution is 7.22. The van der Waals surface area contributed by atoms with E-state index in [1.165, 1.54) is 23.5 Å². The molecule has 10 nitrogen and oxygen atoms in total. The molecular formula is C40H41FN6O4S. The summed E-state index contributed by atoms with van der Waals surface area (Å²) in [7, 11) is 0. The second-order valence-corrected chi connectivity index (χ2v) is 17.8. The normalized spacial score (nSPS) is 27.6. The molecule has 0 spiro atoms. The first-order valence-corrected chi connectivity index (χ1v) is 18.8. The van der Waals surface area contributed by atoms with Gasteiger partial charge in [0.1, 0.15) is 11.6 Å². The number of para-hydroxylation sites is 1. The number of carboxylic acids is 1. The Morgan fingerprint density at radius 1 is 0.942 bits per heavy atom. The molecule has 0 saturated heterocycles. The van der Waals surface area contributed by atoms with Gasteiger partial charge in [-0.3, -0.25) is 14.8 Å². The largest absolute Gasteiger partial charge is 0.476 e. The van der Waals surface area contributed by atoms with Crippen LogP contribution in [0.25, 0.3) is 21.3 Å². The van der Waals surface area contributed by atoms with Gasteiger partial charge in [0.15, 0.2) is 10.8 Å². The molecule has 4 aliphatic carbocycles. The van der Waals surface area contributed by atoms with Crippen LogP contribution in [0, 0.1) is 29.0 Å². The molecule has 2 aromatic carbocycles. The van der Waals surface area contributed by atoms with Crippen molar-refractivity contribution in [3.8, 4) is 11.1 Å². The van der Waals surface area contributed by atoms with E-state index in [-0.39, 0.29) is 40.2 Å². The van der Waals surface area contributed by atoms with E-state index in [9.17, 15) is 19.8 Å². The lowest BCUT2D eigenvalue weighted by atomic mass is 9.39. The molecule has 52 heavy (non-hydrogen) atoms. The Hall–Kier alpha value is -4.68. The molecule has 4 saturated carbocycles. The highest BCUT2D eigenvalue weighted by Crippen LogP contribution is 2.71. The monoisotopic (exact) mass is 720 g/mol. The van der Waals surface area contributed by atoms with Gasteiger partial charge in [-0.05, 0) is 116 Å². The number of aromatic nitrogens is 4. The number of carbonyl (C=O) groups excluding carboxylic acids is 1. The predicted octanol–water partition coefficient (Wildman–Crippen LogP) is 7.63. The molecule has 268 valence electrons. The van der Waals surface area contributed by atoms with Crippen LogP contribution < -0.4 is 10.2 Å². The van der Waals surface area contributed by atoms with Gasteiger partial charge in [-0.2, -0.15) is 5.10 Å². The number of anilines is 2. The number of rotatable bonds is 7. The number of benzene rings is 2. The molecule has 5 aliphatic rings. The Labute approximate surface area is 304 Å². The van der Waals surface area contributed by atoms with Crippen molar-refractivity contribution in [3.63, 3.8) is 0 Å². The minimum absolute atomic E-state index is 0.0625. The topological polar surface area (TPSA) is 133 Å². The maximum absolute atomic E-state index is 15.1. The van der Waals surface area contributed by atoms with E-state index in [1.54, 1.807) is 18.3 Å². The fourth-order valence-electron chi connectivity index (χ4n) is 11.4. The zero-order valence-corrected chi connectivity index (χ0v) is 30.3. The van der Waals surface area contributed by atoms with Crippen molar-refractivity contribution in [2.75, 3.05) is 16.8 Å². The summed E-state index contributed by atoms with van der Waals surface area (Å²) < 4.78 is 18.0. The average molecular weight is 721 g/mol. The van der Waals surface area contributed by atoms with Crippen molar-refractivity contribution in [1.29, 1.82) is 0 Å². The minimum atomic E-state index is -1.16. The third-order valence-electron chi connectivity index (χ3n) is 12.1. The fraction of sp³-hybridized carbons (Fsp3) is 0.425. The Kier molecular flexibility index (Phi) is 7.28. The zero-order valence-electron chi connectivity index (χ0n) is 29.5. The smallest absolute Gasteiger partial charge is 0.355 e. The fourth-order valence-corrected chi connectivity index (χ4v) is 12.2. The van der Waals surface area contributed by atoms with Crippen LogP contribution in [0.1, 0.15) is 90.0 Å². The lowest BCUT2D eigenvalue weighted by Crippen LogP contribution is -2.63. The van der Waals surface area contributed by atoms with Crippen molar-refractivity contribution in [2.24, 2.45) is 16.2 Å². The average Bonchev–Trinajstić information content (AvgIpc) is 3.64. The number of pyridine rings is 1. The van der Waals surface area contributed by atoms with Crippen LogP contribution >= 0.6 is 11.3 Å². The number of aromatic carboxylic acids is 1. The van der Waals surface area contributed by atoms with Crippen molar-refractivity contribution in [1.82, 2.24) is 19.7 Å². The molecule has 5 aromatic rings. The van der Waals surface area contributed by atoms with Gasteiger partial charge in [0.2, 0.25) is 0 Å². The molecule has 3 aromatic heterocycles. The highest BCUT2D eigenvalue weighted by atomic mass is 32.1. The van der Waals surface area contributed by atoms with E-state index in [0.717, 1.165) is 54.4 Å². The van der Waals surface area contributed by atoms with Gasteiger partial charge in [-0.25, -0.2) is 19.2 Å². The molecule has 0 radical (unpaired) electrons. The summed E-state index contributed by atoms with van der Waals surface area (Å²) in [4.78, 5) is 37.3. The summed E-state index contributed by atoms with van der Waals surface area (Å²) >= 11 is 1.37. The molecule has 2 unspecified atom stereocenters. The second-order valence-electron chi connectivity index (χ2n) is 16.7. The van der Waals surface area contributed by atoms with E-state index < -0.39 is 11.6 Å². The summed E-state index contributed by atoms with van der Waals surface area (Å²) in [5.74, 6) is -1.49. The Morgan fingerprint density at radius 3 is 2.44 bits per heavy atom. The van der Waals surface area contributed by atoms with Gasteiger partial charge in [0, 0.05) is 42.0 Å². The third kappa shape index (κ3) is 5.49. The summed E-state index contributed by atoms with van der Waals surface area (Å²) in [6.45, 7) is 7.89. The summed E-state index contributed by atoms with van der Waals surface area (Å²) in [6.07, 6.45) is 7.79. The lowest BCUT2D eigenvalue weighted by Gasteiger charge is -2.68. The lowest BCUT2D eigenvalue weighted by molar-refractivity contribution is -0.229. The molecule has 4 heterocycles. The molecule has 2 atom stereocenters. The second kappa shape index (κ2) is 11.4. The molecular weight excluding hydrogens is 680 g/mol. The minimum Gasteiger partial charge on any atom is -0.476 e. The van der Waals surface area contributed by atoms with Gasteiger partial charge in [-0.15, -0.1) is 0 Å². The van der Waals surface area contributed by atoms with Crippen LogP contribution in [0.4, 0.5) is 15.3 Å². The Balaban J connectivity index is 0.987. The van der Waals surface area contributed by atoms with Crippen molar-refractivity contribution >= 4 is 44.4 Å². The van der Waals surface area contributed by atoms with E-state index in [0.29, 0.717) is 58.3 Å². The predicted molar refractivity (Wildman–Crippen MR) is 197 cm³/mol. The third-order valence-corrected chi connectivity index (χ3v) is 13.0. The molecule has 4 fully saturated rings. The number of nitrogens with one attached hydrogen (secondary N) is 1. The van der Waals surface area contributed by atoms with Crippen LogP contribution in [0.5, 0.6) is 0 Å². The summed E-state index contributed by atoms with van der Waals surface area (Å²) in [6, 6.07) is 14.0. The number of aliphatic hydroxyl groups is 1. The van der Waals surface area contributed by atoms with Crippen LogP contribution in [0.15, 0.2) is 54.7 Å². The van der Waals surface area contributed by atoms with Crippen molar-refractivity contribution in [3.05, 3.63) is 88.6 Å². The molecule has 12 heteroatoms. The number of thiazole rings is 1. The van der Waals surface area contributed by atoms with E-state index >= 15 is 4.39 Å². The standard InChI is InChI=1S/C40H41FN6O4S/c1-23-27(14-42-47(23)22-39-17-37(2)16-38(3,18-39)20-40(51,19-37)21-39)25-9-11-32(44-33(25)35(49)50)46-13-12-24-28(15-46)26(8-10-29(24)41)34(48)45-36-43-30-6-4-5-7-31(30)52-36/h4-11,14,51H,12-13,15-22H2,1-3H3,(H,49,50)(H,43,45,48). The number of amides is 1. The molecule has 10 rings (SSSR count). The number of fused-ring (bicyclic) bond motifs is 2. The van der Waals surface area contributed by atoms with E-state index in [4.69, 9.17) is 5.10 Å². The number of halogens is 1. The Morgan fingerprint density at radius 2 is 1.71 bits per heavy atom. The van der Waals surface area contributed by atoms with Crippen LogP contribution in [0.3, 0.4) is 0 Å². The van der Waals surface area contributed by atoms with Crippen LogP contribution in [-0.4, -0.2) is 54.0 Å². The van der Waals surface area contributed by atoms with E-state index in [2.05, 4.69) is 29.1 Å². The first kappa shape index (κ1) is 33.2. The maximum Gasteiger partial charge on any atom is 0.355 e. The molecule has 4 bridgehead atoms. The first-order chi connectivity index (χ1) is 24.7. The van der Waals surface area contributed by atoms with Gasteiger partial charge in [0.25, 0.3) is 5.91 Å². The van der Waals surface area contributed by atoms with E-state index in [1.807, 2.05) is 40.8 Å². The van der Waals surface area contributed by atoms with Gasteiger partial charge < -0.3 is 15.1 Å². The molecule has 3 N–H and O–H groups in total. The summed E-state index contributed by atoms with van der Waals surface area (Å²) in [5, 5.41) is 30.1. The number of hydrogen-bond acceptors (Lipinski definition) is 8. The molecule has 1 aliphatic heterocycles. The Bertz CT molecular complexity index is 2230. The van der Waals surface area contributed by atoms with Crippen molar-refractivity contribution < 1.29 is 24.2 Å². The quantitative estimate of drug-likeness (QED) is 0.156. The van der Waals surface area contributed by atoms with Crippen LogP contribution in [-0.2, 0) is 19.5 Å². The van der Waals surface area contributed by atoms with Gasteiger partial charge in [0.05, 0.1) is 22.0 Å². The maximum atomic E-state index is 15.1. The number of carbonyl (C=O) groups is 2. The number of carboxylic acid groups (broad SMARTS) is 1.